The van der Waals surface area contributed by atoms with Gasteiger partial charge in [-0.05, 0) is 55.2 Å². The molecule has 1 amide bonds. The Kier molecular flexibility index (Phi) is 6.65. The number of nitrogens with zero attached hydrogens (tertiary/aromatic N) is 2. The molecule has 4 rings (SSSR count). The molecule has 1 saturated carbocycles. The van der Waals surface area contributed by atoms with Gasteiger partial charge in [0.25, 0.3) is 0 Å². The van der Waals surface area contributed by atoms with Gasteiger partial charge in [-0.2, -0.15) is 5.10 Å². The zero-order valence-corrected chi connectivity index (χ0v) is 17.8. The lowest BCUT2D eigenvalue weighted by molar-refractivity contribution is -0.121. The van der Waals surface area contributed by atoms with Gasteiger partial charge in [0.05, 0.1) is 18.5 Å². The SMILES string of the molecule is COc1cccc(-c2nn(-c3cccc(F)c3)cc2CCC(=O)NC2CCCCC2)c1. The molecule has 0 atom stereocenters. The van der Waals surface area contributed by atoms with E-state index in [1.54, 1.807) is 17.9 Å². The quantitative estimate of drug-likeness (QED) is 0.580. The third kappa shape index (κ3) is 5.32. The molecule has 0 spiro atoms. The van der Waals surface area contributed by atoms with E-state index in [0.717, 1.165) is 35.4 Å². The van der Waals surface area contributed by atoms with Crippen molar-refractivity contribution in [2.24, 2.45) is 0 Å². The smallest absolute Gasteiger partial charge is 0.220 e. The van der Waals surface area contributed by atoms with Crippen molar-refractivity contribution in [3.8, 4) is 22.7 Å². The van der Waals surface area contributed by atoms with Crippen LogP contribution < -0.4 is 10.1 Å². The number of amides is 1. The molecule has 162 valence electrons. The summed E-state index contributed by atoms with van der Waals surface area (Å²) >= 11 is 0. The average molecular weight is 422 g/mol. The highest BCUT2D eigenvalue weighted by atomic mass is 19.1. The van der Waals surface area contributed by atoms with Gasteiger partial charge >= 0.3 is 0 Å². The number of rotatable bonds is 7. The Morgan fingerprint density at radius 2 is 1.97 bits per heavy atom. The maximum Gasteiger partial charge on any atom is 0.220 e. The topological polar surface area (TPSA) is 56.2 Å². The van der Waals surface area contributed by atoms with Crippen LogP contribution in [0.25, 0.3) is 16.9 Å². The van der Waals surface area contributed by atoms with Gasteiger partial charge < -0.3 is 10.1 Å². The summed E-state index contributed by atoms with van der Waals surface area (Å²) in [7, 11) is 1.63. The number of carbonyl (C=O) groups excluding carboxylic acids is 1. The molecular formula is C25H28FN3O2. The van der Waals surface area contributed by atoms with Crippen molar-refractivity contribution in [1.82, 2.24) is 15.1 Å². The number of nitrogens with one attached hydrogen (secondary N) is 1. The van der Waals surface area contributed by atoms with Crippen LogP contribution in [-0.2, 0) is 11.2 Å². The number of aryl methyl sites for hydroxylation is 1. The van der Waals surface area contributed by atoms with Crippen LogP contribution in [0.4, 0.5) is 4.39 Å². The molecular weight excluding hydrogens is 393 g/mol. The first-order chi connectivity index (χ1) is 15.1. The van der Waals surface area contributed by atoms with Crippen molar-refractivity contribution < 1.29 is 13.9 Å². The molecule has 3 aromatic rings. The van der Waals surface area contributed by atoms with Gasteiger partial charge in [-0.15, -0.1) is 0 Å². The van der Waals surface area contributed by atoms with Gasteiger partial charge in [0.15, 0.2) is 0 Å². The average Bonchev–Trinajstić information content (AvgIpc) is 3.23. The van der Waals surface area contributed by atoms with E-state index in [2.05, 4.69) is 5.32 Å². The van der Waals surface area contributed by atoms with Gasteiger partial charge in [0.2, 0.25) is 5.91 Å². The second-order valence-electron chi connectivity index (χ2n) is 8.06. The van der Waals surface area contributed by atoms with E-state index in [9.17, 15) is 9.18 Å². The van der Waals surface area contributed by atoms with E-state index < -0.39 is 0 Å². The molecule has 6 heteroatoms. The molecule has 0 bridgehead atoms. The highest BCUT2D eigenvalue weighted by Gasteiger charge is 2.18. The Labute approximate surface area is 182 Å². The Bertz CT molecular complexity index is 1040. The molecule has 0 saturated heterocycles. The van der Waals surface area contributed by atoms with E-state index in [0.29, 0.717) is 24.6 Å². The summed E-state index contributed by atoms with van der Waals surface area (Å²) < 4.78 is 20.8. The van der Waals surface area contributed by atoms with Crippen LogP contribution in [0.15, 0.2) is 54.7 Å². The van der Waals surface area contributed by atoms with Crippen molar-refractivity contribution in [1.29, 1.82) is 0 Å². The molecule has 0 aliphatic heterocycles. The minimum absolute atomic E-state index is 0.0713. The van der Waals surface area contributed by atoms with Crippen molar-refractivity contribution >= 4 is 5.91 Å². The van der Waals surface area contributed by atoms with Gasteiger partial charge in [-0.3, -0.25) is 4.79 Å². The molecule has 1 fully saturated rings. The maximum absolute atomic E-state index is 13.7. The first-order valence-electron chi connectivity index (χ1n) is 10.9. The largest absolute Gasteiger partial charge is 0.497 e. The monoisotopic (exact) mass is 421 g/mol. The minimum atomic E-state index is -0.315. The summed E-state index contributed by atoms with van der Waals surface area (Å²) in [6, 6.07) is 14.3. The van der Waals surface area contributed by atoms with Crippen LogP contribution >= 0.6 is 0 Å². The molecule has 0 unspecified atom stereocenters. The summed E-state index contributed by atoms with van der Waals surface area (Å²) in [5.74, 6) is 0.491. The van der Waals surface area contributed by atoms with Crippen LogP contribution in [-0.4, -0.2) is 28.8 Å². The Hall–Kier alpha value is -3.15. The van der Waals surface area contributed by atoms with Crippen LogP contribution in [0.1, 0.15) is 44.1 Å². The van der Waals surface area contributed by atoms with E-state index >= 15 is 0 Å². The Balaban J connectivity index is 1.57. The molecule has 1 N–H and O–H groups in total. The number of hydrogen-bond acceptors (Lipinski definition) is 3. The normalized spacial score (nSPS) is 14.4. The van der Waals surface area contributed by atoms with Gasteiger partial charge in [0, 0.05) is 24.2 Å². The first-order valence-corrected chi connectivity index (χ1v) is 10.9. The number of aromatic nitrogens is 2. The number of halogens is 1. The molecule has 31 heavy (non-hydrogen) atoms. The van der Waals surface area contributed by atoms with E-state index in [-0.39, 0.29) is 11.7 Å². The van der Waals surface area contributed by atoms with Crippen molar-refractivity contribution in [3.63, 3.8) is 0 Å². The predicted molar refractivity (Wildman–Crippen MR) is 119 cm³/mol. The second-order valence-corrected chi connectivity index (χ2v) is 8.06. The lowest BCUT2D eigenvalue weighted by atomic mass is 9.95. The zero-order valence-electron chi connectivity index (χ0n) is 17.8. The highest BCUT2D eigenvalue weighted by molar-refractivity contribution is 5.77. The van der Waals surface area contributed by atoms with Gasteiger partial charge in [-0.1, -0.05) is 37.5 Å². The third-order valence-corrected chi connectivity index (χ3v) is 5.80. The molecule has 1 aliphatic rings. The Morgan fingerprint density at radius 3 is 2.74 bits per heavy atom. The van der Waals surface area contributed by atoms with Crippen LogP contribution in [0.2, 0.25) is 0 Å². The number of benzene rings is 2. The maximum atomic E-state index is 13.7. The summed E-state index contributed by atoms with van der Waals surface area (Å²) in [4.78, 5) is 12.5. The number of hydrogen-bond donors (Lipinski definition) is 1. The molecule has 1 aromatic heterocycles. The van der Waals surface area contributed by atoms with Crippen LogP contribution in [0, 0.1) is 5.82 Å². The van der Waals surface area contributed by atoms with E-state index in [1.807, 2.05) is 36.5 Å². The fraction of sp³-hybridized carbons (Fsp3) is 0.360. The van der Waals surface area contributed by atoms with Crippen LogP contribution in [0.5, 0.6) is 5.75 Å². The lowest BCUT2D eigenvalue weighted by Gasteiger charge is -2.22. The molecule has 2 aromatic carbocycles. The van der Waals surface area contributed by atoms with E-state index in [4.69, 9.17) is 9.84 Å². The number of ether oxygens (including phenoxy) is 1. The highest BCUT2D eigenvalue weighted by Crippen LogP contribution is 2.28. The second kappa shape index (κ2) is 9.77. The minimum Gasteiger partial charge on any atom is -0.497 e. The number of methoxy groups -OCH3 is 1. The summed E-state index contributed by atoms with van der Waals surface area (Å²) in [6.45, 7) is 0. The predicted octanol–water partition coefficient (Wildman–Crippen LogP) is 5.07. The molecule has 5 nitrogen and oxygen atoms in total. The summed E-state index contributed by atoms with van der Waals surface area (Å²) in [5.41, 5.74) is 3.25. The van der Waals surface area contributed by atoms with E-state index in [1.165, 1.54) is 31.4 Å². The van der Waals surface area contributed by atoms with Crippen LogP contribution in [0.3, 0.4) is 0 Å². The van der Waals surface area contributed by atoms with Crippen molar-refractivity contribution in [2.75, 3.05) is 7.11 Å². The third-order valence-electron chi connectivity index (χ3n) is 5.80. The van der Waals surface area contributed by atoms with Gasteiger partial charge in [-0.25, -0.2) is 9.07 Å². The Morgan fingerprint density at radius 1 is 1.16 bits per heavy atom. The van der Waals surface area contributed by atoms with Crippen molar-refractivity contribution in [3.05, 3.63) is 66.1 Å². The van der Waals surface area contributed by atoms with Gasteiger partial charge in [0.1, 0.15) is 11.6 Å². The summed E-state index contributed by atoms with van der Waals surface area (Å²) in [5, 5.41) is 7.90. The summed E-state index contributed by atoms with van der Waals surface area (Å²) in [6.07, 6.45) is 8.60. The number of carbonyl (C=O) groups is 1. The fourth-order valence-corrected chi connectivity index (χ4v) is 4.15. The lowest BCUT2D eigenvalue weighted by Crippen LogP contribution is -2.36. The molecule has 0 radical (unpaired) electrons. The fourth-order valence-electron chi connectivity index (χ4n) is 4.15. The first kappa shape index (κ1) is 21.1. The molecule has 1 aliphatic carbocycles. The molecule has 1 heterocycles. The van der Waals surface area contributed by atoms with Crippen molar-refractivity contribution in [2.45, 2.75) is 51.0 Å². The standard InChI is InChI=1S/C25H28FN3O2/c1-31-23-12-5-7-18(15-23)25-19(13-14-24(30)27-21-9-3-2-4-10-21)17-29(28-25)22-11-6-8-20(26)16-22/h5-8,11-12,15-17,21H,2-4,9-10,13-14H2,1H3,(H,27,30). The zero-order chi connectivity index (χ0) is 21.6.